The fourth-order valence-corrected chi connectivity index (χ4v) is 5.55. The summed E-state index contributed by atoms with van der Waals surface area (Å²) in [6.07, 6.45) is 3.36. The summed E-state index contributed by atoms with van der Waals surface area (Å²) in [5, 5.41) is 3.05. The number of amides is 2. The lowest BCUT2D eigenvalue weighted by Crippen LogP contribution is -2.49. The Labute approximate surface area is 163 Å². The molecule has 3 N–H and O–H groups in total. The van der Waals surface area contributed by atoms with Gasteiger partial charge in [-0.25, -0.2) is 0 Å². The SMILES string of the molecule is NCC(=O)N1CCC2(CC1)OCCc1cc(C(=O)NCC3CCOC3)sc12. The van der Waals surface area contributed by atoms with Crippen molar-refractivity contribution in [2.24, 2.45) is 11.7 Å². The molecule has 3 aliphatic heterocycles. The number of carbonyl (C=O) groups excluding carboxylic acids is 2. The summed E-state index contributed by atoms with van der Waals surface area (Å²) in [6.45, 7) is 4.20. The molecular weight excluding hydrogens is 366 g/mol. The highest BCUT2D eigenvalue weighted by Crippen LogP contribution is 2.45. The smallest absolute Gasteiger partial charge is 0.261 e. The highest BCUT2D eigenvalue weighted by molar-refractivity contribution is 7.14. The van der Waals surface area contributed by atoms with Gasteiger partial charge < -0.3 is 25.4 Å². The third-order valence-corrected chi connectivity index (χ3v) is 7.23. The lowest BCUT2D eigenvalue weighted by Gasteiger charge is -2.43. The van der Waals surface area contributed by atoms with Gasteiger partial charge in [0.1, 0.15) is 5.60 Å². The van der Waals surface area contributed by atoms with Crippen molar-refractivity contribution in [3.05, 3.63) is 21.4 Å². The number of likely N-dealkylation sites (tertiary alicyclic amines) is 1. The van der Waals surface area contributed by atoms with Crippen LogP contribution < -0.4 is 11.1 Å². The van der Waals surface area contributed by atoms with E-state index in [1.807, 2.05) is 11.0 Å². The first-order chi connectivity index (χ1) is 13.1. The highest BCUT2D eigenvalue weighted by atomic mass is 32.1. The van der Waals surface area contributed by atoms with Crippen LogP contribution in [0.3, 0.4) is 0 Å². The molecule has 4 heterocycles. The first-order valence-corrected chi connectivity index (χ1v) is 10.5. The summed E-state index contributed by atoms with van der Waals surface area (Å²) in [4.78, 5) is 28.2. The van der Waals surface area contributed by atoms with Crippen molar-refractivity contribution in [3.63, 3.8) is 0 Å². The molecule has 2 fully saturated rings. The van der Waals surface area contributed by atoms with Crippen molar-refractivity contribution >= 4 is 23.2 Å². The molecule has 7 nitrogen and oxygen atoms in total. The van der Waals surface area contributed by atoms with E-state index in [-0.39, 0.29) is 24.0 Å². The molecule has 148 valence electrons. The Bertz CT molecular complexity index is 706. The van der Waals surface area contributed by atoms with Crippen LogP contribution in [-0.2, 0) is 26.3 Å². The second-order valence-electron chi connectivity index (χ2n) is 7.58. The van der Waals surface area contributed by atoms with Crippen LogP contribution in [0.4, 0.5) is 0 Å². The minimum Gasteiger partial charge on any atom is -0.381 e. The van der Waals surface area contributed by atoms with Crippen LogP contribution in [-0.4, -0.2) is 62.7 Å². The molecule has 0 radical (unpaired) electrons. The molecule has 3 aliphatic rings. The molecule has 0 saturated carbocycles. The van der Waals surface area contributed by atoms with Gasteiger partial charge in [-0.05, 0) is 37.3 Å². The zero-order valence-corrected chi connectivity index (χ0v) is 16.3. The monoisotopic (exact) mass is 393 g/mol. The molecule has 2 saturated heterocycles. The molecule has 27 heavy (non-hydrogen) atoms. The number of rotatable bonds is 4. The van der Waals surface area contributed by atoms with E-state index in [1.54, 1.807) is 11.3 Å². The fourth-order valence-electron chi connectivity index (χ4n) is 4.22. The quantitative estimate of drug-likeness (QED) is 0.791. The Morgan fingerprint density at radius 1 is 1.33 bits per heavy atom. The maximum absolute atomic E-state index is 12.6. The number of carbonyl (C=O) groups is 2. The second-order valence-corrected chi connectivity index (χ2v) is 8.63. The number of hydrogen-bond donors (Lipinski definition) is 2. The van der Waals surface area contributed by atoms with Gasteiger partial charge in [0.2, 0.25) is 5.91 Å². The first kappa shape index (κ1) is 18.9. The maximum Gasteiger partial charge on any atom is 0.261 e. The van der Waals surface area contributed by atoms with Crippen LogP contribution in [0.5, 0.6) is 0 Å². The number of thiophene rings is 1. The van der Waals surface area contributed by atoms with Crippen molar-refractivity contribution in [1.82, 2.24) is 10.2 Å². The Morgan fingerprint density at radius 2 is 2.15 bits per heavy atom. The van der Waals surface area contributed by atoms with E-state index < -0.39 is 0 Å². The number of nitrogens with zero attached hydrogens (tertiary/aromatic N) is 1. The van der Waals surface area contributed by atoms with E-state index in [4.69, 9.17) is 15.2 Å². The van der Waals surface area contributed by atoms with Crippen molar-refractivity contribution in [2.45, 2.75) is 31.3 Å². The van der Waals surface area contributed by atoms with Crippen molar-refractivity contribution in [2.75, 3.05) is 46.0 Å². The van der Waals surface area contributed by atoms with Gasteiger partial charge in [-0.2, -0.15) is 0 Å². The molecule has 1 atom stereocenters. The molecule has 4 rings (SSSR count). The number of nitrogens with two attached hydrogens (primary N) is 1. The van der Waals surface area contributed by atoms with Crippen molar-refractivity contribution < 1.29 is 19.1 Å². The summed E-state index contributed by atoms with van der Waals surface area (Å²) < 4.78 is 11.6. The van der Waals surface area contributed by atoms with Gasteiger partial charge in [0.15, 0.2) is 0 Å². The normalized spacial score (nSPS) is 24.0. The minimum absolute atomic E-state index is 0.00723. The topological polar surface area (TPSA) is 93.9 Å². The predicted octanol–water partition coefficient (Wildman–Crippen LogP) is 0.864. The third kappa shape index (κ3) is 3.76. The Hall–Kier alpha value is -1.48. The van der Waals surface area contributed by atoms with Gasteiger partial charge in [-0.15, -0.1) is 11.3 Å². The standard InChI is InChI=1S/C19H27N3O4S/c20-10-16(23)22-5-3-19(4-6-22)17-14(2-8-26-19)9-15(27-17)18(24)21-11-13-1-7-25-12-13/h9,13H,1-8,10-12,20H2,(H,21,24). The van der Waals surface area contributed by atoms with E-state index >= 15 is 0 Å². The maximum atomic E-state index is 12.6. The third-order valence-electron chi connectivity index (χ3n) is 5.87. The van der Waals surface area contributed by atoms with Crippen LogP contribution in [0.1, 0.15) is 39.4 Å². The fraction of sp³-hybridized carbons (Fsp3) is 0.684. The molecule has 0 aromatic carbocycles. The molecule has 1 aromatic rings. The summed E-state index contributed by atoms with van der Waals surface area (Å²) in [5.74, 6) is 0.401. The summed E-state index contributed by atoms with van der Waals surface area (Å²) in [5.41, 5.74) is 6.35. The number of piperidine rings is 1. The average Bonchev–Trinajstić information content (AvgIpc) is 3.36. The minimum atomic E-state index is -0.360. The van der Waals surface area contributed by atoms with Crippen LogP contribution in [0.15, 0.2) is 6.07 Å². The van der Waals surface area contributed by atoms with Gasteiger partial charge in [0.25, 0.3) is 5.91 Å². The molecule has 1 unspecified atom stereocenters. The van der Waals surface area contributed by atoms with E-state index in [0.29, 0.717) is 32.2 Å². The molecule has 8 heteroatoms. The highest BCUT2D eigenvalue weighted by Gasteiger charge is 2.43. The Kier molecular flexibility index (Phi) is 5.50. The summed E-state index contributed by atoms with van der Waals surface area (Å²) >= 11 is 1.55. The van der Waals surface area contributed by atoms with E-state index in [9.17, 15) is 9.59 Å². The van der Waals surface area contributed by atoms with E-state index in [2.05, 4.69) is 5.32 Å². The zero-order chi connectivity index (χ0) is 18.9. The lowest BCUT2D eigenvalue weighted by atomic mass is 9.85. The van der Waals surface area contributed by atoms with Gasteiger partial charge in [-0.3, -0.25) is 9.59 Å². The Morgan fingerprint density at radius 3 is 2.85 bits per heavy atom. The summed E-state index contributed by atoms with van der Waals surface area (Å²) in [6, 6.07) is 2.03. The number of hydrogen-bond acceptors (Lipinski definition) is 6. The zero-order valence-electron chi connectivity index (χ0n) is 15.5. The van der Waals surface area contributed by atoms with E-state index in [0.717, 1.165) is 43.8 Å². The molecule has 2 amide bonds. The van der Waals surface area contributed by atoms with Crippen molar-refractivity contribution in [1.29, 1.82) is 0 Å². The largest absolute Gasteiger partial charge is 0.381 e. The Balaban J connectivity index is 1.45. The van der Waals surface area contributed by atoms with Crippen molar-refractivity contribution in [3.8, 4) is 0 Å². The van der Waals surface area contributed by atoms with Gasteiger partial charge in [-0.1, -0.05) is 0 Å². The van der Waals surface area contributed by atoms with Crippen LogP contribution in [0.2, 0.25) is 0 Å². The van der Waals surface area contributed by atoms with Gasteiger partial charge >= 0.3 is 0 Å². The number of nitrogens with one attached hydrogen (secondary N) is 1. The average molecular weight is 394 g/mol. The van der Waals surface area contributed by atoms with Crippen LogP contribution in [0.25, 0.3) is 0 Å². The van der Waals surface area contributed by atoms with E-state index in [1.165, 1.54) is 10.4 Å². The van der Waals surface area contributed by atoms with Gasteiger partial charge in [0.05, 0.1) is 24.6 Å². The van der Waals surface area contributed by atoms with Crippen LogP contribution in [0, 0.1) is 5.92 Å². The number of ether oxygens (including phenoxy) is 2. The number of fused-ring (bicyclic) bond motifs is 2. The second kappa shape index (κ2) is 7.87. The molecule has 1 aromatic heterocycles. The summed E-state index contributed by atoms with van der Waals surface area (Å²) in [7, 11) is 0. The molecule has 0 aliphatic carbocycles. The van der Waals surface area contributed by atoms with Crippen LogP contribution >= 0.6 is 11.3 Å². The molecule has 1 spiro atoms. The first-order valence-electron chi connectivity index (χ1n) is 9.72. The molecule has 0 bridgehead atoms. The van der Waals surface area contributed by atoms with Gasteiger partial charge in [0, 0.05) is 37.0 Å². The predicted molar refractivity (Wildman–Crippen MR) is 102 cm³/mol. The molecular formula is C19H27N3O4S. The lowest BCUT2D eigenvalue weighted by molar-refractivity contribution is -0.138.